The molecule has 1 fully saturated rings. The van der Waals surface area contributed by atoms with Crippen LogP contribution in [0.4, 0.5) is 0 Å². The molecule has 0 bridgehead atoms. The molecule has 2 rings (SSSR count). The summed E-state index contributed by atoms with van der Waals surface area (Å²) in [6.45, 7) is 3.14. The second kappa shape index (κ2) is 12.4. The van der Waals surface area contributed by atoms with Crippen molar-refractivity contribution in [2.24, 2.45) is 5.11 Å². The van der Waals surface area contributed by atoms with E-state index in [1.165, 1.54) is 6.08 Å². The zero-order chi connectivity index (χ0) is 24.4. The first-order valence-corrected chi connectivity index (χ1v) is 10.1. The molecule has 0 aromatic heterocycles. The molecule has 5 atom stereocenters. The maximum absolute atomic E-state index is 12.6. The molecular formula is C22H25N3O8. The highest BCUT2D eigenvalue weighted by Crippen LogP contribution is 2.31. The van der Waals surface area contributed by atoms with Crippen LogP contribution >= 0.6 is 0 Å². The van der Waals surface area contributed by atoms with Gasteiger partial charge in [-0.05, 0) is 17.2 Å². The van der Waals surface area contributed by atoms with E-state index in [9.17, 15) is 19.2 Å². The number of allylic oxidation sites excluding steroid dienone is 1. The number of nitrogens with zero attached hydrogens (tertiary/aromatic N) is 3. The molecule has 1 aliphatic rings. The first kappa shape index (κ1) is 25.6. The summed E-state index contributed by atoms with van der Waals surface area (Å²) in [5, 5.41) is 3.46. The Morgan fingerprint density at radius 1 is 0.939 bits per heavy atom. The predicted octanol–water partition coefficient (Wildman–Crippen LogP) is 2.53. The van der Waals surface area contributed by atoms with Gasteiger partial charge in [0.1, 0.15) is 12.2 Å². The Morgan fingerprint density at radius 2 is 1.48 bits per heavy atom. The fourth-order valence-corrected chi connectivity index (χ4v) is 3.43. The fraction of sp³-hybridized carbons (Fsp3) is 0.455. The molecule has 0 saturated carbocycles. The van der Waals surface area contributed by atoms with Gasteiger partial charge in [0.25, 0.3) is 0 Å². The molecular weight excluding hydrogens is 434 g/mol. The molecule has 1 saturated heterocycles. The minimum Gasteiger partial charge on any atom is -0.456 e. The van der Waals surface area contributed by atoms with Gasteiger partial charge in [0, 0.05) is 32.1 Å². The molecule has 0 spiro atoms. The fourth-order valence-electron chi connectivity index (χ4n) is 3.43. The van der Waals surface area contributed by atoms with Gasteiger partial charge in [0.15, 0.2) is 24.1 Å². The van der Waals surface area contributed by atoms with E-state index in [4.69, 9.17) is 24.5 Å². The minimum absolute atomic E-state index is 0.237. The molecule has 1 aliphatic heterocycles. The predicted molar refractivity (Wildman–Crippen MR) is 114 cm³/mol. The lowest BCUT2D eigenvalue weighted by Crippen LogP contribution is -2.62. The third-order valence-electron chi connectivity index (χ3n) is 4.62. The van der Waals surface area contributed by atoms with Crippen LogP contribution < -0.4 is 0 Å². The zero-order valence-corrected chi connectivity index (χ0v) is 18.5. The van der Waals surface area contributed by atoms with Gasteiger partial charge >= 0.3 is 17.9 Å². The van der Waals surface area contributed by atoms with E-state index in [0.29, 0.717) is 0 Å². The van der Waals surface area contributed by atoms with Gasteiger partial charge in [-0.25, -0.2) is 0 Å². The van der Waals surface area contributed by atoms with Crippen molar-refractivity contribution in [3.8, 4) is 0 Å². The molecule has 11 heteroatoms. The van der Waals surface area contributed by atoms with Crippen molar-refractivity contribution < 1.29 is 38.1 Å². The van der Waals surface area contributed by atoms with Crippen molar-refractivity contribution in [3.05, 3.63) is 52.4 Å². The summed E-state index contributed by atoms with van der Waals surface area (Å²) >= 11 is 0. The van der Waals surface area contributed by atoms with Crippen LogP contribution in [0.1, 0.15) is 32.8 Å². The number of rotatable bonds is 9. The molecule has 33 heavy (non-hydrogen) atoms. The summed E-state index contributed by atoms with van der Waals surface area (Å²) in [5.74, 6) is -2.51. The van der Waals surface area contributed by atoms with Crippen LogP contribution in [-0.4, -0.2) is 60.8 Å². The van der Waals surface area contributed by atoms with Gasteiger partial charge in [0.05, 0.1) is 6.54 Å². The van der Waals surface area contributed by atoms with E-state index >= 15 is 0 Å². The van der Waals surface area contributed by atoms with Crippen molar-refractivity contribution in [1.82, 2.24) is 0 Å². The van der Waals surface area contributed by atoms with E-state index < -0.39 is 48.4 Å². The summed E-state index contributed by atoms with van der Waals surface area (Å²) in [5.41, 5.74) is 9.52. The van der Waals surface area contributed by atoms with E-state index in [-0.39, 0.29) is 18.7 Å². The topological polar surface area (TPSA) is 154 Å². The largest absolute Gasteiger partial charge is 0.456 e. The van der Waals surface area contributed by atoms with Gasteiger partial charge in [-0.15, -0.1) is 0 Å². The molecule has 0 N–H and O–H groups in total. The van der Waals surface area contributed by atoms with Crippen molar-refractivity contribution >= 4 is 29.8 Å². The summed E-state index contributed by atoms with van der Waals surface area (Å²) in [4.78, 5) is 50.6. The van der Waals surface area contributed by atoms with Gasteiger partial charge in [0.2, 0.25) is 0 Å². The standard InChI is InChI=1S/C22H25N3O8/c1-13(26)30-20-18(11-17(29)10-9-16-7-5-4-6-8-16)33-19(12-24-25-23)21(31-14(2)27)22(20)32-15(3)28/h4-10,18-22H,11-12H2,1-3H3/b10-9+/t18-,19-,20+,21-,22-/m1/s1. The Bertz CT molecular complexity index is 942. The van der Waals surface area contributed by atoms with Gasteiger partial charge < -0.3 is 18.9 Å². The van der Waals surface area contributed by atoms with E-state index in [1.54, 1.807) is 6.08 Å². The molecule has 1 aromatic carbocycles. The first-order chi connectivity index (χ1) is 15.7. The Hall–Kier alpha value is -3.69. The number of esters is 3. The van der Waals surface area contributed by atoms with Crippen molar-refractivity contribution in [2.45, 2.75) is 57.7 Å². The van der Waals surface area contributed by atoms with Crippen LogP contribution in [-0.2, 0) is 38.1 Å². The molecule has 11 nitrogen and oxygen atoms in total. The number of ether oxygens (including phenoxy) is 4. The van der Waals surface area contributed by atoms with Gasteiger partial charge in [-0.1, -0.05) is 41.5 Å². The molecule has 0 unspecified atom stereocenters. The number of hydrogen-bond acceptors (Lipinski definition) is 9. The third-order valence-corrected chi connectivity index (χ3v) is 4.62. The quantitative estimate of drug-likeness (QED) is 0.136. The number of carbonyl (C=O) groups excluding carboxylic acids is 4. The monoisotopic (exact) mass is 459 g/mol. The van der Waals surface area contributed by atoms with Crippen LogP contribution in [0.2, 0.25) is 0 Å². The molecule has 1 heterocycles. The lowest BCUT2D eigenvalue weighted by Gasteiger charge is -2.44. The lowest BCUT2D eigenvalue weighted by molar-refractivity contribution is -0.244. The summed E-state index contributed by atoms with van der Waals surface area (Å²) in [7, 11) is 0. The Balaban J connectivity index is 2.35. The minimum atomic E-state index is -1.28. The number of azide groups is 1. The number of benzene rings is 1. The zero-order valence-electron chi connectivity index (χ0n) is 18.5. The number of ketones is 1. The highest BCUT2D eigenvalue weighted by atomic mass is 16.6. The van der Waals surface area contributed by atoms with Crippen LogP contribution in [0.25, 0.3) is 16.5 Å². The van der Waals surface area contributed by atoms with Crippen molar-refractivity contribution in [1.29, 1.82) is 0 Å². The maximum atomic E-state index is 12.6. The SMILES string of the molecule is CC(=O)O[C@@H]1[C@@H](OC(C)=O)[C@@H](CC(=O)/C=C/c2ccccc2)O[C@H](CN=[N+]=[N-])[C@H]1OC(C)=O. The number of carbonyl (C=O) groups is 4. The average molecular weight is 459 g/mol. The maximum Gasteiger partial charge on any atom is 0.303 e. The van der Waals surface area contributed by atoms with E-state index in [1.807, 2.05) is 30.3 Å². The second-order valence-corrected chi connectivity index (χ2v) is 7.26. The van der Waals surface area contributed by atoms with E-state index in [2.05, 4.69) is 10.0 Å². The lowest BCUT2D eigenvalue weighted by atomic mass is 9.91. The van der Waals surface area contributed by atoms with Crippen LogP contribution in [0.5, 0.6) is 0 Å². The summed E-state index contributed by atoms with van der Waals surface area (Å²) in [6, 6.07) is 9.13. The molecule has 176 valence electrons. The van der Waals surface area contributed by atoms with Crippen molar-refractivity contribution in [2.75, 3.05) is 6.54 Å². The molecule has 0 amide bonds. The molecule has 1 aromatic rings. The highest BCUT2D eigenvalue weighted by Gasteiger charge is 2.51. The van der Waals surface area contributed by atoms with Crippen LogP contribution in [0.3, 0.4) is 0 Å². The summed E-state index contributed by atoms with van der Waals surface area (Å²) < 4.78 is 21.8. The smallest absolute Gasteiger partial charge is 0.303 e. The van der Waals surface area contributed by atoms with E-state index in [0.717, 1.165) is 26.3 Å². The van der Waals surface area contributed by atoms with Crippen LogP contribution in [0.15, 0.2) is 41.5 Å². The summed E-state index contributed by atoms with van der Waals surface area (Å²) in [6.07, 6.45) is -3.12. The number of hydrogen-bond donors (Lipinski definition) is 0. The van der Waals surface area contributed by atoms with Crippen LogP contribution in [0, 0.1) is 0 Å². The second-order valence-electron chi connectivity index (χ2n) is 7.26. The highest BCUT2D eigenvalue weighted by molar-refractivity contribution is 5.94. The van der Waals surface area contributed by atoms with Crippen molar-refractivity contribution in [3.63, 3.8) is 0 Å². The van der Waals surface area contributed by atoms with Gasteiger partial charge in [-0.3, -0.25) is 19.2 Å². The average Bonchev–Trinajstić information content (AvgIpc) is 2.75. The van der Waals surface area contributed by atoms with Gasteiger partial charge in [-0.2, -0.15) is 0 Å². The Morgan fingerprint density at radius 3 is 2.03 bits per heavy atom. The third kappa shape index (κ3) is 8.06. The Labute approximate surface area is 190 Å². The molecule has 0 aliphatic carbocycles. The molecule has 0 radical (unpaired) electrons. The first-order valence-electron chi connectivity index (χ1n) is 10.1. The Kier molecular flexibility index (Phi) is 9.59. The normalized spacial score (nSPS) is 24.4.